The lowest BCUT2D eigenvalue weighted by atomic mass is 9.98. The number of nitrogens with zero attached hydrogens (tertiary/aromatic N) is 4. The molecule has 4 fully saturated rings. The van der Waals surface area contributed by atoms with Crippen molar-refractivity contribution >= 4 is 23.8 Å². The van der Waals surface area contributed by atoms with Crippen molar-refractivity contribution in [2.75, 3.05) is 52.4 Å². The summed E-state index contributed by atoms with van der Waals surface area (Å²) in [6.45, 7) is 5.14. The maximum Gasteiger partial charge on any atom is 0.325 e. The van der Waals surface area contributed by atoms with E-state index in [1.54, 1.807) is 0 Å². The van der Waals surface area contributed by atoms with E-state index in [0.717, 1.165) is 51.6 Å². The van der Waals surface area contributed by atoms with Crippen molar-refractivity contribution < 1.29 is 19.2 Å². The summed E-state index contributed by atoms with van der Waals surface area (Å²) in [5, 5.41) is 2.88. The molecule has 9 nitrogen and oxygen atoms in total. The molecule has 3 saturated heterocycles. The first-order chi connectivity index (χ1) is 14.5. The Balaban J connectivity index is 1.16. The lowest BCUT2D eigenvalue weighted by Crippen LogP contribution is -2.51. The molecule has 5 amide bonds. The fourth-order valence-corrected chi connectivity index (χ4v) is 5.16. The minimum atomic E-state index is -0.677. The number of urea groups is 1. The number of hydrogen-bond acceptors (Lipinski definition) is 5. The second kappa shape index (κ2) is 8.91. The van der Waals surface area contributed by atoms with E-state index < -0.39 is 5.54 Å². The van der Waals surface area contributed by atoms with Crippen molar-refractivity contribution in [3.05, 3.63) is 0 Å². The summed E-state index contributed by atoms with van der Waals surface area (Å²) in [6, 6.07) is -0.314. The van der Waals surface area contributed by atoms with Crippen LogP contribution in [0.2, 0.25) is 0 Å². The van der Waals surface area contributed by atoms with Gasteiger partial charge in [-0.05, 0) is 32.1 Å². The van der Waals surface area contributed by atoms with Gasteiger partial charge in [-0.15, -0.1) is 0 Å². The van der Waals surface area contributed by atoms with Crippen molar-refractivity contribution in [3.63, 3.8) is 0 Å². The topological polar surface area (TPSA) is 93.3 Å². The fourth-order valence-electron chi connectivity index (χ4n) is 5.16. The SMILES string of the molecule is O=C(CCCN1C(=O)NC2(CCCC2)C1=O)N1CCN(CC(=O)N2CCCC2)CC1. The molecule has 4 aliphatic rings. The molecule has 0 bridgehead atoms. The van der Waals surface area contributed by atoms with Crippen LogP contribution in [-0.2, 0) is 14.4 Å². The lowest BCUT2D eigenvalue weighted by molar-refractivity contribution is -0.136. The summed E-state index contributed by atoms with van der Waals surface area (Å²) in [4.78, 5) is 56.9. The van der Waals surface area contributed by atoms with Crippen LogP contribution >= 0.6 is 0 Å². The number of piperazine rings is 1. The molecule has 3 aliphatic heterocycles. The molecule has 0 unspecified atom stereocenters. The van der Waals surface area contributed by atoms with Gasteiger partial charge in [-0.25, -0.2) is 4.79 Å². The third kappa shape index (κ3) is 4.31. The van der Waals surface area contributed by atoms with Gasteiger partial charge in [0.2, 0.25) is 11.8 Å². The Bertz CT molecular complexity index is 692. The average Bonchev–Trinajstić information content (AvgIpc) is 3.47. The molecular weight excluding hydrogens is 386 g/mol. The Labute approximate surface area is 177 Å². The average molecular weight is 420 g/mol. The second-order valence-electron chi connectivity index (χ2n) is 9.02. The molecule has 1 aliphatic carbocycles. The summed E-state index contributed by atoms with van der Waals surface area (Å²) in [6.07, 6.45) is 6.38. The Hall–Kier alpha value is -2.16. The van der Waals surface area contributed by atoms with Crippen molar-refractivity contribution in [1.82, 2.24) is 24.9 Å². The maximum absolute atomic E-state index is 12.6. The van der Waals surface area contributed by atoms with Gasteiger partial charge in [0.25, 0.3) is 5.91 Å². The van der Waals surface area contributed by atoms with E-state index in [4.69, 9.17) is 0 Å². The van der Waals surface area contributed by atoms with Gasteiger partial charge in [-0.3, -0.25) is 24.2 Å². The number of rotatable bonds is 6. The number of imide groups is 1. The fraction of sp³-hybridized carbons (Fsp3) is 0.810. The minimum absolute atomic E-state index is 0.0585. The largest absolute Gasteiger partial charge is 0.342 e. The number of carbonyl (C=O) groups excluding carboxylic acids is 4. The summed E-state index contributed by atoms with van der Waals surface area (Å²) in [5.74, 6) is 0.137. The Kier molecular flexibility index (Phi) is 6.26. The van der Waals surface area contributed by atoms with Crippen molar-refractivity contribution in [2.45, 2.75) is 56.9 Å². The van der Waals surface area contributed by atoms with Gasteiger partial charge in [0.1, 0.15) is 5.54 Å². The number of nitrogens with one attached hydrogen (secondary N) is 1. The van der Waals surface area contributed by atoms with E-state index in [9.17, 15) is 19.2 Å². The highest BCUT2D eigenvalue weighted by Gasteiger charge is 2.52. The molecule has 30 heavy (non-hydrogen) atoms. The summed E-state index contributed by atoms with van der Waals surface area (Å²) in [7, 11) is 0. The predicted octanol–water partition coefficient (Wildman–Crippen LogP) is 0.398. The molecule has 9 heteroatoms. The van der Waals surface area contributed by atoms with E-state index in [-0.39, 0.29) is 23.8 Å². The van der Waals surface area contributed by atoms with Crippen LogP contribution in [0.15, 0.2) is 0 Å². The number of amides is 5. The molecule has 1 N–H and O–H groups in total. The highest BCUT2D eigenvalue weighted by Crippen LogP contribution is 2.35. The minimum Gasteiger partial charge on any atom is -0.342 e. The van der Waals surface area contributed by atoms with Crippen LogP contribution in [0.4, 0.5) is 4.79 Å². The molecule has 0 atom stereocenters. The van der Waals surface area contributed by atoms with E-state index in [1.807, 2.05) is 9.80 Å². The first-order valence-corrected chi connectivity index (χ1v) is 11.4. The van der Waals surface area contributed by atoms with Crippen molar-refractivity contribution in [2.24, 2.45) is 0 Å². The quantitative estimate of drug-likeness (QED) is 0.629. The molecule has 1 saturated carbocycles. The molecule has 0 aromatic heterocycles. The van der Waals surface area contributed by atoms with Crippen LogP contribution < -0.4 is 5.32 Å². The highest BCUT2D eigenvalue weighted by molar-refractivity contribution is 6.07. The molecule has 0 aromatic carbocycles. The van der Waals surface area contributed by atoms with Crippen LogP contribution in [0.1, 0.15) is 51.4 Å². The van der Waals surface area contributed by atoms with Gasteiger partial charge in [-0.1, -0.05) is 12.8 Å². The third-order valence-electron chi connectivity index (χ3n) is 7.02. The lowest BCUT2D eigenvalue weighted by Gasteiger charge is -2.35. The first-order valence-electron chi connectivity index (χ1n) is 11.4. The van der Waals surface area contributed by atoms with Gasteiger partial charge >= 0.3 is 6.03 Å². The van der Waals surface area contributed by atoms with Crippen LogP contribution in [0, 0.1) is 0 Å². The molecule has 0 aromatic rings. The van der Waals surface area contributed by atoms with E-state index in [0.29, 0.717) is 52.1 Å². The molecule has 1 spiro atoms. The standard InChI is InChI=1S/C21H33N5O4/c27-17(6-5-11-26-19(29)21(22-20(26)30)7-1-2-8-21)25-14-12-23(13-15-25)16-18(28)24-9-3-4-10-24/h1-16H2,(H,22,30). The Morgan fingerprint density at radius 3 is 2.13 bits per heavy atom. The summed E-state index contributed by atoms with van der Waals surface area (Å²) < 4.78 is 0. The van der Waals surface area contributed by atoms with E-state index in [2.05, 4.69) is 10.2 Å². The predicted molar refractivity (Wildman–Crippen MR) is 110 cm³/mol. The van der Waals surface area contributed by atoms with Crippen molar-refractivity contribution in [1.29, 1.82) is 0 Å². The molecule has 166 valence electrons. The van der Waals surface area contributed by atoms with Gasteiger partial charge < -0.3 is 15.1 Å². The molecule has 4 rings (SSSR count). The van der Waals surface area contributed by atoms with E-state index in [1.165, 1.54) is 4.90 Å². The number of hydrogen-bond donors (Lipinski definition) is 1. The smallest absolute Gasteiger partial charge is 0.325 e. The number of likely N-dealkylation sites (tertiary alicyclic amines) is 1. The zero-order valence-electron chi connectivity index (χ0n) is 17.7. The zero-order valence-corrected chi connectivity index (χ0v) is 17.7. The maximum atomic E-state index is 12.6. The number of carbonyl (C=O) groups is 4. The van der Waals surface area contributed by atoms with Crippen molar-refractivity contribution in [3.8, 4) is 0 Å². The zero-order chi connectivity index (χ0) is 21.1. The third-order valence-corrected chi connectivity index (χ3v) is 7.02. The van der Waals surface area contributed by atoms with Gasteiger partial charge in [0.15, 0.2) is 0 Å². The molecule has 3 heterocycles. The van der Waals surface area contributed by atoms with E-state index >= 15 is 0 Å². The highest BCUT2D eigenvalue weighted by atomic mass is 16.2. The Morgan fingerprint density at radius 2 is 1.47 bits per heavy atom. The summed E-state index contributed by atoms with van der Waals surface area (Å²) >= 11 is 0. The van der Waals surface area contributed by atoms with Gasteiger partial charge in [0.05, 0.1) is 6.54 Å². The Morgan fingerprint density at radius 1 is 0.833 bits per heavy atom. The first kappa shape index (κ1) is 21.1. The van der Waals surface area contributed by atoms with Crippen LogP contribution in [0.3, 0.4) is 0 Å². The van der Waals surface area contributed by atoms with Crippen LogP contribution in [0.25, 0.3) is 0 Å². The molecule has 0 radical (unpaired) electrons. The molecular formula is C21H33N5O4. The van der Waals surface area contributed by atoms with Crippen LogP contribution in [0.5, 0.6) is 0 Å². The monoisotopic (exact) mass is 419 g/mol. The van der Waals surface area contributed by atoms with Crippen LogP contribution in [-0.4, -0.2) is 101 Å². The summed E-state index contributed by atoms with van der Waals surface area (Å²) in [5.41, 5.74) is -0.677. The normalized spacial score (nSPS) is 24.2. The van der Waals surface area contributed by atoms with Gasteiger partial charge in [-0.2, -0.15) is 0 Å². The second-order valence-corrected chi connectivity index (χ2v) is 9.02. The van der Waals surface area contributed by atoms with Gasteiger partial charge in [0, 0.05) is 52.2 Å².